The molecule has 108 valence electrons. The third-order valence-corrected chi connectivity index (χ3v) is 1.77. The van der Waals surface area contributed by atoms with Crippen molar-refractivity contribution in [2.45, 2.75) is 33.6 Å². The van der Waals surface area contributed by atoms with Gasteiger partial charge in [0, 0.05) is 33.5 Å². The molecule has 0 atom stereocenters. The van der Waals surface area contributed by atoms with Gasteiger partial charge in [-0.05, 0) is 13.0 Å². The lowest BCUT2D eigenvalue weighted by Gasteiger charge is -2.05. The molecule has 0 aliphatic carbocycles. The smallest absolute Gasteiger partial charge is 0.302 e. The van der Waals surface area contributed by atoms with Gasteiger partial charge in [0.15, 0.2) is 0 Å². The highest BCUT2D eigenvalue weighted by Gasteiger charge is 1.91. The Hall–Kier alpha value is -1.14. The molecule has 6 heteroatoms. The van der Waals surface area contributed by atoms with Crippen LogP contribution in [0.2, 0.25) is 0 Å². The van der Waals surface area contributed by atoms with Crippen LogP contribution in [0.1, 0.15) is 33.6 Å². The summed E-state index contributed by atoms with van der Waals surface area (Å²) in [5.41, 5.74) is 0. The van der Waals surface area contributed by atoms with Gasteiger partial charge in [-0.2, -0.15) is 0 Å². The number of carboxylic acid groups (broad SMARTS) is 1. The minimum Gasteiger partial charge on any atom is -0.481 e. The number of rotatable bonds is 9. The standard InChI is InChI=1S/C10H22N2O2.C2H4O2/c1-3-4-5-11-6-7-12-8-9-14-10(2)13;1-2(3)4/h11-12H,3-9H2,1-2H3;1H3,(H,3,4). The monoisotopic (exact) mass is 262 g/mol. The summed E-state index contributed by atoms with van der Waals surface area (Å²) in [7, 11) is 0. The van der Waals surface area contributed by atoms with Crippen LogP contribution in [0.3, 0.4) is 0 Å². The Morgan fingerprint density at radius 3 is 2.00 bits per heavy atom. The molecule has 0 aromatic heterocycles. The first-order valence-electron chi connectivity index (χ1n) is 6.25. The Morgan fingerprint density at radius 1 is 1.06 bits per heavy atom. The lowest BCUT2D eigenvalue weighted by molar-refractivity contribution is -0.140. The maximum absolute atomic E-state index is 10.4. The zero-order chi connectivity index (χ0) is 14.2. The minimum atomic E-state index is -0.833. The van der Waals surface area contributed by atoms with Crippen molar-refractivity contribution in [1.29, 1.82) is 0 Å². The second-order valence-corrected chi connectivity index (χ2v) is 3.71. The number of hydrogen-bond acceptors (Lipinski definition) is 5. The predicted molar refractivity (Wildman–Crippen MR) is 70.6 cm³/mol. The Balaban J connectivity index is 0. The van der Waals surface area contributed by atoms with E-state index in [0.717, 1.165) is 33.1 Å². The topological polar surface area (TPSA) is 87.7 Å². The van der Waals surface area contributed by atoms with Gasteiger partial charge in [0.2, 0.25) is 0 Å². The van der Waals surface area contributed by atoms with Crippen LogP contribution >= 0.6 is 0 Å². The number of carboxylic acids is 1. The fraction of sp³-hybridized carbons (Fsp3) is 0.833. The van der Waals surface area contributed by atoms with Crippen molar-refractivity contribution in [3.05, 3.63) is 0 Å². The van der Waals surface area contributed by atoms with Gasteiger partial charge < -0.3 is 20.5 Å². The van der Waals surface area contributed by atoms with Crippen LogP contribution in [0.15, 0.2) is 0 Å². The number of hydrogen-bond donors (Lipinski definition) is 3. The van der Waals surface area contributed by atoms with E-state index in [1.807, 2.05) is 0 Å². The van der Waals surface area contributed by atoms with Gasteiger partial charge in [-0.15, -0.1) is 0 Å². The third kappa shape index (κ3) is 29.4. The summed E-state index contributed by atoms with van der Waals surface area (Å²) in [4.78, 5) is 19.4. The van der Waals surface area contributed by atoms with E-state index in [1.54, 1.807) is 0 Å². The van der Waals surface area contributed by atoms with Crippen LogP contribution in [-0.2, 0) is 14.3 Å². The van der Waals surface area contributed by atoms with Gasteiger partial charge in [-0.3, -0.25) is 9.59 Å². The van der Waals surface area contributed by atoms with Crippen LogP contribution < -0.4 is 10.6 Å². The average Bonchev–Trinajstić information content (AvgIpc) is 2.26. The fourth-order valence-corrected chi connectivity index (χ4v) is 0.995. The van der Waals surface area contributed by atoms with Crippen molar-refractivity contribution < 1.29 is 19.4 Å². The molecule has 0 saturated heterocycles. The van der Waals surface area contributed by atoms with Crippen molar-refractivity contribution in [2.75, 3.05) is 32.8 Å². The molecular formula is C12H26N2O4. The lowest BCUT2D eigenvalue weighted by Crippen LogP contribution is -2.30. The van der Waals surface area contributed by atoms with Crippen LogP contribution in [0.25, 0.3) is 0 Å². The van der Waals surface area contributed by atoms with Crippen molar-refractivity contribution >= 4 is 11.9 Å². The van der Waals surface area contributed by atoms with E-state index in [2.05, 4.69) is 17.6 Å². The molecule has 18 heavy (non-hydrogen) atoms. The second-order valence-electron chi connectivity index (χ2n) is 3.71. The van der Waals surface area contributed by atoms with E-state index < -0.39 is 5.97 Å². The maximum atomic E-state index is 10.4. The number of carbonyl (C=O) groups excluding carboxylic acids is 1. The molecule has 0 spiro atoms. The number of ether oxygens (including phenoxy) is 1. The number of unbranched alkanes of at least 4 members (excludes halogenated alkanes) is 1. The molecule has 0 fully saturated rings. The largest absolute Gasteiger partial charge is 0.481 e. The Morgan fingerprint density at radius 2 is 1.56 bits per heavy atom. The quantitative estimate of drug-likeness (QED) is 0.417. The van der Waals surface area contributed by atoms with Crippen LogP contribution in [0.4, 0.5) is 0 Å². The molecule has 0 unspecified atom stereocenters. The zero-order valence-electron chi connectivity index (χ0n) is 11.6. The molecule has 3 N–H and O–H groups in total. The molecule has 0 aromatic carbocycles. The summed E-state index contributed by atoms with van der Waals surface area (Å²) in [6.07, 6.45) is 2.46. The van der Waals surface area contributed by atoms with Crippen molar-refractivity contribution in [3.8, 4) is 0 Å². The SMILES string of the molecule is CC(=O)O.CCCCNCCNCCOC(C)=O. The Kier molecular flexibility index (Phi) is 16.9. The van der Waals surface area contributed by atoms with Gasteiger partial charge in [-0.25, -0.2) is 0 Å². The molecule has 0 radical (unpaired) electrons. The summed E-state index contributed by atoms with van der Waals surface area (Å²) in [5.74, 6) is -1.05. The minimum absolute atomic E-state index is 0.215. The first-order valence-corrected chi connectivity index (χ1v) is 6.25. The van der Waals surface area contributed by atoms with E-state index in [0.29, 0.717) is 6.61 Å². The molecule has 0 saturated carbocycles. The molecule has 0 aliphatic heterocycles. The summed E-state index contributed by atoms with van der Waals surface area (Å²) in [6.45, 7) is 8.86. The van der Waals surface area contributed by atoms with Gasteiger partial charge in [0.1, 0.15) is 6.61 Å². The van der Waals surface area contributed by atoms with Crippen molar-refractivity contribution in [1.82, 2.24) is 10.6 Å². The van der Waals surface area contributed by atoms with Crippen LogP contribution in [-0.4, -0.2) is 49.8 Å². The first-order chi connectivity index (χ1) is 8.50. The summed E-state index contributed by atoms with van der Waals surface area (Å²) < 4.78 is 4.77. The molecule has 0 heterocycles. The predicted octanol–water partition coefficient (Wildman–Crippen LogP) is 0.620. The Bertz CT molecular complexity index is 206. The van der Waals surface area contributed by atoms with Crippen molar-refractivity contribution in [3.63, 3.8) is 0 Å². The first kappa shape index (κ1) is 19.2. The molecule has 0 bridgehead atoms. The van der Waals surface area contributed by atoms with E-state index in [1.165, 1.54) is 19.8 Å². The third-order valence-electron chi connectivity index (χ3n) is 1.77. The van der Waals surface area contributed by atoms with E-state index >= 15 is 0 Å². The van der Waals surface area contributed by atoms with E-state index in [9.17, 15) is 4.79 Å². The highest BCUT2D eigenvalue weighted by molar-refractivity contribution is 5.65. The number of aliphatic carboxylic acids is 1. The summed E-state index contributed by atoms with van der Waals surface area (Å²) in [6, 6.07) is 0. The van der Waals surface area contributed by atoms with E-state index in [-0.39, 0.29) is 5.97 Å². The lowest BCUT2D eigenvalue weighted by atomic mass is 10.3. The van der Waals surface area contributed by atoms with E-state index in [4.69, 9.17) is 14.6 Å². The number of nitrogens with one attached hydrogen (secondary N) is 2. The van der Waals surface area contributed by atoms with Gasteiger partial charge in [0.25, 0.3) is 5.97 Å². The molecule has 0 rings (SSSR count). The molecular weight excluding hydrogens is 236 g/mol. The zero-order valence-corrected chi connectivity index (χ0v) is 11.6. The Labute approximate surface area is 109 Å². The van der Waals surface area contributed by atoms with Gasteiger partial charge >= 0.3 is 5.97 Å². The highest BCUT2D eigenvalue weighted by atomic mass is 16.5. The fourth-order valence-electron chi connectivity index (χ4n) is 0.995. The average molecular weight is 262 g/mol. The number of esters is 1. The van der Waals surface area contributed by atoms with Crippen molar-refractivity contribution in [2.24, 2.45) is 0 Å². The van der Waals surface area contributed by atoms with Crippen LogP contribution in [0.5, 0.6) is 0 Å². The summed E-state index contributed by atoms with van der Waals surface area (Å²) in [5, 5.41) is 13.9. The van der Waals surface area contributed by atoms with Crippen LogP contribution in [0, 0.1) is 0 Å². The highest BCUT2D eigenvalue weighted by Crippen LogP contribution is 1.80. The maximum Gasteiger partial charge on any atom is 0.302 e. The van der Waals surface area contributed by atoms with Gasteiger partial charge in [-0.1, -0.05) is 13.3 Å². The molecule has 0 aromatic rings. The summed E-state index contributed by atoms with van der Waals surface area (Å²) >= 11 is 0. The number of carbonyl (C=O) groups is 2. The molecule has 0 amide bonds. The molecule has 0 aliphatic rings. The van der Waals surface area contributed by atoms with Gasteiger partial charge in [0.05, 0.1) is 0 Å². The second kappa shape index (κ2) is 15.9. The molecule has 6 nitrogen and oxygen atoms in total. The normalized spacial score (nSPS) is 9.28.